The number of hydrogen-bond donors (Lipinski definition) is 0. The van der Waals surface area contributed by atoms with E-state index in [9.17, 15) is 30.7 Å². The molecule has 9 heteroatoms. The molecule has 0 aliphatic rings. The third-order valence-electron chi connectivity index (χ3n) is 4.41. The van der Waals surface area contributed by atoms with Crippen LogP contribution in [0.15, 0.2) is 24.3 Å². The third-order valence-corrected chi connectivity index (χ3v) is 4.41. The van der Waals surface area contributed by atoms with Crippen molar-refractivity contribution >= 4 is 5.69 Å². The highest BCUT2D eigenvalue weighted by Gasteiger charge is 2.73. The van der Waals surface area contributed by atoms with Crippen LogP contribution in [-0.4, -0.2) is 38.2 Å². The lowest BCUT2D eigenvalue weighted by molar-refractivity contribution is -0.361. The molecule has 1 atom stereocenters. The SMILES string of the molecule is CCN(CC)c1cccc(C(C)(CC(F)(F)C(F)(F)C(F)(F)F)OC)c1. The summed E-state index contributed by atoms with van der Waals surface area (Å²) in [5.74, 6) is -11.5. The lowest BCUT2D eigenvalue weighted by Gasteiger charge is -2.36. The Bertz CT molecular complexity index is 599. The molecule has 0 fully saturated rings. The summed E-state index contributed by atoms with van der Waals surface area (Å²) >= 11 is 0. The van der Waals surface area contributed by atoms with Gasteiger partial charge in [0.25, 0.3) is 0 Å². The molecule has 2 nitrogen and oxygen atoms in total. The third kappa shape index (κ3) is 4.24. The molecule has 0 radical (unpaired) electrons. The number of ether oxygens (including phenoxy) is 1. The summed E-state index contributed by atoms with van der Waals surface area (Å²) in [6, 6.07) is 6.02. The second-order valence-corrected chi connectivity index (χ2v) is 6.11. The molecule has 1 rings (SSSR count). The topological polar surface area (TPSA) is 12.5 Å². The summed E-state index contributed by atoms with van der Waals surface area (Å²) in [5, 5.41) is 0. The van der Waals surface area contributed by atoms with Gasteiger partial charge in [-0.05, 0) is 38.5 Å². The van der Waals surface area contributed by atoms with E-state index in [-0.39, 0.29) is 5.56 Å². The van der Waals surface area contributed by atoms with Crippen LogP contribution in [0, 0.1) is 0 Å². The lowest BCUT2D eigenvalue weighted by atomic mass is 9.86. The van der Waals surface area contributed by atoms with Crippen LogP contribution < -0.4 is 4.90 Å². The highest BCUT2D eigenvalue weighted by molar-refractivity contribution is 5.49. The fourth-order valence-electron chi connectivity index (χ4n) is 2.65. The van der Waals surface area contributed by atoms with Gasteiger partial charge in [0.05, 0.1) is 12.0 Å². The summed E-state index contributed by atoms with van der Waals surface area (Å²) in [4.78, 5) is 1.88. The van der Waals surface area contributed by atoms with Gasteiger partial charge in [-0.2, -0.15) is 30.7 Å². The Morgan fingerprint density at radius 3 is 1.92 bits per heavy atom. The largest absolute Gasteiger partial charge is 0.459 e. The molecule has 1 unspecified atom stereocenters. The van der Waals surface area contributed by atoms with Gasteiger partial charge in [-0.3, -0.25) is 0 Å². The van der Waals surface area contributed by atoms with E-state index in [0.29, 0.717) is 18.8 Å². The number of hydrogen-bond acceptors (Lipinski definition) is 2. The zero-order valence-corrected chi connectivity index (χ0v) is 14.9. The maximum Gasteiger partial charge on any atom is 0.459 e. The number of methoxy groups -OCH3 is 1. The molecule has 0 aromatic heterocycles. The molecule has 0 spiro atoms. The molecule has 0 N–H and O–H groups in total. The number of alkyl halides is 7. The molecule has 0 bridgehead atoms. The van der Waals surface area contributed by atoms with Crippen LogP contribution in [0.1, 0.15) is 32.8 Å². The number of rotatable bonds is 8. The van der Waals surface area contributed by atoms with Gasteiger partial charge in [-0.1, -0.05) is 12.1 Å². The van der Waals surface area contributed by atoms with E-state index in [1.54, 1.807) is 6.07 Å². The Labute approximate surface area is 147 Å². The minimum absolute atomic E-state index is 0.0852. The van der Waals surface area contributed by atoms with Gasteiger partial charge in [0, 0.05) is 25.9 Å². The highest BCUT2D eigenvalue weighted by atomic mass is 19.4. The normalized spacial score (nSPS) is 15.7. The van der Waals surface area contributed by atoms with Crippen molar-refractivity contribution in [3.8, 4) is 0 Å². The molecule has 0 aliphatic carbocycles. The number of nitrogens with zero attached hydrogens (tertiary/aromatic N) is 1. The second kappa shape index (κ2) is 7.62. The van der Waals surface area contributed by atoms with Crippen LogP contribution in [0.2, 0.25) is 0 Å². The summed E-state index contributed by atoms with van der Waals surface area (Å²) in [6.07, 6.45) is -8.20. The van der Waals surface area contributed by atoms with E-state index in [1.165, 1.54) is 18.2 Å². The zero-order valence-electron chi connectivity index (χ0n) is 14.9. The van der Waals surface area contributed by atoms with Crippen LogP contribution >= 0.6 is 0 Å². The van der Waals surface area contributed by atoms with Gasteiger partial charge in [-0.25, -0.2) is 0 Å². The van der Waals surface area contributed by atoms with Crippen molar-refractivity contribution in [2.24, 2.45) is 0 Å². The average molecular weight is 389 g/mol. The zero-order chi connectivity index (χ0) is 20.4. The predicted octanol–water partition coefficient (Wildman–Crippen LogP) is 5.62. The average Bonchev–Trinajstić information content (AvgIpc) is 2.54. The van der Waals surface area contributed by atoms with Gasteiger partial charge >= 0.3 is 18.0 Å². The lowest BCUT2D eigenvalue weighted by Crippen LogP contribution is -2.54. The van der Waals surface area contributed by atoms with Crippen molar-refractivity contribution in [1.29, 1.82) is 0 Å². The number of halogens is 7. The number of anilines is 1. The van der Waals surface area contributed by atoms with Crippen LogP contribution in [0.3, 0.4) is 0 Å². The first-order chi connectivity index (χ1) is 11.8. The molecular formula is C17H22F7NO. The summed E-state index contributed by atoms with van der Waals surface area (Å²) in [6.45, 7) is 6.00. The van der Waals surface area contributed by atoms with E-state index < -0.39 is 30.0 Å². The van der Waals surface area contributed by atoms with Crippen LogP contribution in [-0.2, 0) is 10.3 Å². The van der Waals surface area contributed by atoms with Gasteiger partial charge in [-0.15, -0.1) is 0 Å². The molecule has 0 amide bonds. The van der Waals surface area contributed by atoms with Crippen LogP contribution in [0.4, 0.5) is 36.4 Å². The molecule has 0 saturated heterocycles. The van der Waals surface area contributed by atoms with Crippen LogP contribution in [0.25, 0.3) is 0 Å². The molecule has 0 saturated carbocycles. The molecule has 0 heterocycles. The van der Waals surface area contributed by atoms with Crippen molar-refractivity contribution in [3.05, 3.63) is 29.8 Å². The van der Waals surface area contributed by atoms with Crippen molar-refractivity contribution < 1.29 is 35.5 Å². The minimum Gasteiger partial charge on any atom is -0.374 e. The van der Waals surface area contributed by atoms with Gasteiger partial charge in [0.15, 0.2) is 0 Å². The maximum atomic E-state index is 13.9. The first-order valence-corrected chi connectivity index (χ1v) is 7.98. The monoisotopic (exact) mass is 389 g/mol. The smallest absolute Gasteiger partial charge is 0.374 e. The van der Waals surface area contributed by atoms with E-state index in [2.05, 4.69) is 0 Å². The Morgan fingerprint density at radius 1 is 0.962 bits per heavy atom. The molecule has 0 aliphatic heterocycles. The van der Waals surface area contributed by atoms with Crippen molar-refractivity contribution in [1.82, 2.24) is 0 Å². The summed E-state index contributed by atoms with van der Waals surface area (Å²) in [7, 11) is 0.992. The van der Waals surface area contributed by atoms with Gasteiger partial charge in [0.2, 0.25) is 0 Å². The van der Waals surface area contributed by atoms with Crippen LogP contribution in [0.5, 0.6) is 0 Å². The van der Waals surface area contributed by atoms with Crippen molar-refractivity contribution in [2.75, 3.05) is 25.1 Å². The number of benzene rings is 1. The van der Waals surface area contributed by atoms with Crippen molar-refractivity contribution in [2.45, 2.75) is 50.8 Å². The Morgan fingerprint density at radius 2 is 1.50 bits per heavy atom. The summed E-state index contributed by atoms with van der Waals surface area (Å²) < 4.78 is 96.5. The predicted molar refractivity (Wildman–Crippen MR) is 84.9 cm³/mol. The highest BCUT2D eigenvalue weighted by Crippen LogP contribution is 2.51. The first kappa shape index (κ1) is 22.5. The van der Waals surface area contributed by atoms with E-state index in [1.807, 2.05) is 18.7 Å². The Hall–Kier alpha value is -1.51. The van der Waals surface area contributed by atoms with E-state index >= 15 is 0 Å². The van der Waals surface area contributed by atoms with Gasteiger partial charge < -0.3 is 9.64 Å². The van der Waals surface area contributed by atoms with E-state index in [0.717, 1.165) is 14.0 Å². The maximum absolute atomic E-state index is 13.9. The molecular weight excluding hydrogens is 367 g/mol. The standard InChI is InChI=1S/C17H22F7NO/c1-5-25(6-2)13-9-7-8-12(10-13)14(3,26-4)11-15(18,19)16(20,21)17(22,23)24/h7-10H,5-6,11H2,1-4H3. The van der Waals surface area contributed by atoms with Crippen molar-refractivity contribution in [3.63, 3.8) is 0 Å². The fourth-order valence-corrected chi connectivity index (χ4v) is 2.65. The van der Waals surface area contributed by atoms with Gasteiger partial charge in [0.1, 0.15) is 0 Å². The summed E-state index contributed by atoms with van der Waals surface area (Å²) in [5.41, 5.74) is -1.33. The minimum atomic E-state index is -6.37. The molecule has 1 aromatic carbocycles. The molecule has 1 aromatic rings. The Kier molecular flexibility index (Phi) is 6.60. The fraction of sp³-hybridized carbons (Fsp3) is 0.647. The second-order valence-electron chi connectivity index (χ2n) is 6.11. The molecule has 150 valence electrons. The van der Waals surface area contributed by atoms with E-state index in [4.69, 9.17) is 4.74 Å². The Balaban J connectivity index is 3.30. The quantitative estimate of drug-likeness (QED) is 0.536. The first-order valence-electron chi connectivity index (χ1n) is 7.98. The molecule has 26 heavy (non-hydrogen) atoms.